The van der Waals surface area contributed by atoms with Crippen LogP contribution >= 0.6 is 11.6 Å². The maximum absolute atomic E-state index is 13.1. The van der Waals surface area contributed by atoms with Crippen LogP contribution in [0.25, 0.3) is 0 Å². The number of hydrogen-bond acceptors (Lipinski definition) is 6. The van der Waals surface area contributed by atoms with Crippen LogP contribution in [0.15, 0.2) is 42.5 Å². The van der Waals surface area contributed by atoms with Gasteiger partial charge in [0.05, 0.1) is 5.69 Å². The van der Waals surface area contributed by atoms with Crippen molar-refractivity contribution in [2.24, 2.45) is 0 Å². The van der Waals surface area contributed by atoms with Crippen LogP contribution < -0.4 is 14.8 Å². The van der Waals surface area contributed by atoms with Crippen LogP contribution in [0.4, 0.5) is 23.7 Å². The minimum absolute atomic E-state index is 0.0545. The molecule has 0 unspecified atom stereocenters. The number of carbonyl (C=O) groups excluding carboxylic acids is 2. The molecule has 3 heterocycles. The van der Waals surface area contributed by atoms with Gasteiger partial charge in [-0.3, -0.25) is 4.90 Å². The van der Waals surface area contributed by atoms with Crippen molar-refractivity contribution >= 4 is 29.3 Å². The van der Waals surface area contributed by atoms with Gasteiger partial charge in [0.1, 0.15) is 29.8 Å². The largest absolute Gasteiger partial charge is 0.490 e. The highest BCUT2D eigenvalue weighted by atomic mass is 35.5. The maximum atomic E-state index is 13.1. The molecule has 2 fully saturated rings. The molecule has 1 spiro atoms. The first-order valence-electron chi connectivity index (χ1n) is 13.4. The Morgan fingerprint density at radius 1 is 1.07 bits per heavy atom. The molecule has 216 valence electrons. The number of piperidine rings is 1. The Morgan fingerprint density at radius 3 is 2.52 bits per heavy atom. The third kappa shape index (κ3) is 6.75. The van der Waals surface area contributed by atoms with Crippen molar-refractivity contribution in [1.82, 2.24) is 9.80 Å². The number of nitrogens with zero attached hydrogens (tertiary/aromatic N) is 2. The van der Waals surface area contributed by atoms with Crippen molar-refractivity contribution in [3.8, 4) is 11.5 Å². The zero-order valence-corrected chi connectivity index (χ0v) is 22.6. The van der Waals surface area contributed by atoms with Gasteiger partial charge in [0, 0.05) is 57.0 Å². The molecule has 0 aromatic heterocycles. The number of urea groups is 1. The van der Waals surface area contributed by atoms with E-state index < -0.39 is 18.2 Å². The lowest BCUT2D eigenvalue weighted by Crippen LogP contribution is -2.50. The number of esters is 1. The van der Waals surface area contributed by atoms with E-state index in [0.29, 0.717) is 56.2 Å². The Balaban J connectivity index is 1.21. The molecule has 5 rings (SSSR count). The van der Waals surface area contributed by atoms with Crippen LogP contribution in [-0.4, -0.2) is 79.0 Å². The Hall–Kier alpha value is -3.18. The van der Waals surface area contributed by atoms with E-state index in [1.807, 2.05) is 17.0 Å². The summed E-state index contributed by atoms with van der Waals surface area (Å²) in [5.41, 5.74) is 1.05. The standard InChI is InChI=1S/C28H31ClF3N3O5/c29-20-7-8-23-19(15-20)16-27(40-23)9-13-34(14-10-27)17-21(39-25(36)28(30,31)32)18-38-24-6-2-1-5-22(24)33-26(37)35-11-3-4-12-35/h1-2,5-8,15,21H,3-4,9-14,16-18H2,(H,33,37)/t21-/m1/s1. The van der Waals surface area contributed by atoms with E-state index in [9.17, 15) is 22.8 Å². The minimum atomic E-state index is -5.13. The van der Waals surface area contributed by atoms with Gasteiger partial charge >= 0.3 is 18.2 Å². The molecule has 2 aromatic carbocycles. The number of ether oxygens (including phenoxy) is 3. The molecular weight excluding hydrogens is 551 g/mol. The van der Waals surface area contributed by atoms with Gasteiger partial charge in [-0.1, -0.05) is 23.7 Å². The van der Waals surface area contributed by atoms with E-state index in [2.05, 4.69) is 5.32 Å². The summed E-state index contributed by atoms with van der Waals surface area (Å²) in [4.78, 5) is 27.9. The predicted octanol–water partition coefficient (Wildman–Crippen LogP) is 5.29. The van der Waals surface area contributed by atoms with Gasteiger partial charge in [-0.05, 0) is 48.7 Å². The summed E-state index contributed by atoms with van der Waals surface area (Å²) in [6, 6.07) is 11.9. The molecule has 8 nitrogen and oxygen atoms in total. The number of halogens is 4. The SMILES string of the molecule is O=C(Nc1ccccc1OC[C@@H](CN1CCC2(CC1)Cc1cc(Cl)ccc1O2)OC(=O)C(F)(F)F)N1CCCC1. The van der Waals surface area contributed by atoms with E-state index in [1.165, 1.54) is 0 Å². The summed E-state index contributed by atoms with van der Waals surface area (Å²) in [5.74, 6) is -1.19. The summed E-state index contributed by atoms with van der Waals surface area (Å²) in [5, 5.41) is 3.45. The van der Waals surface area contributed by atoms with Crippen LogP contribution in [0.1, 0.15) is 31.2 Å². The van der Waals surface area contributed by atoms with Crippen molar-refractivity contribution in [3.63, 3.8) is 0 Å². The van der Waals surface area contributed by atoms with Gasteiger partial charge < -0.3 is 24.4 Å². The minimum Gasteiger partial charge on any atom is -0.487 e. The molecule has 2 amide bonds. The number of amides is 2. The van der Waals surface area contributed by atoms with E-state index in [0.717, 1.165) is 24.2 Å². The first-order valence-corrected chi connectivity index (χ1v) is 13.7. The number of nitrogens with one attached hydrogen (secondary N) is 1. The lowest BCUT2D eigenvalue weighted by atomic mass is 9.87. The second kappa shape index (κ2) is 11.7. The van der Waals surface area contributed by atoms with Gasteiger partial charge in [0.25, 0.3) is 0 Å². The summed E-state index contributed by atoms with van der Waals surface area (Å²) in [6.45, 7) is 2.15. The number of hydrogen-bond donors (Lipinski definition) is 1. The Labute approximate surface area is 235 Å². The highest BCUT2D eigenvalue weighted by molar-refractivity contribution is 6.30. The first-order chi connectivity index (χ1) is 19.1. The topological polar surface area (TPSA) is 80.3 Å². The molecule has 2 saturated heterocycles. The van der Waals surface area contributed by atoms with Gasteiger partial charge in [-0.25, -0.2) is 9.59 Å². The average Bonchev–Trinajstić information content (AvgIpc) is 3.57. The van der Waals surface area contributed by atoms with Gasteiger partial charge in [-0.15, -0.1) is 0 Å². The highest BCUT2D eigenvalue weighted by Crippen LogP contribution is 2.42. The quantitative estimate of drug-likeness (QED) is 0.448. The van der Waals surface area contributed by atoms with E-state index in [-0.39, 0.29) is 30.5 Å². The predicted molar refractivity (Wildman–Crippen MR) is 142 cm³/mol. The number of likely N-dealkylation sites (tertiary alicyclic amines) is 2. The van der Waals surface area contributed by atoms with Crippen LogP contribution in [-0.2, 0) is 16.0 Å². The van der Waals surface area contributed by atoms with Crippen LogP contribution in [0.3, 0.4) is 0 Å². The fourth-order valence-corrected chi connectivity index (χ4v) is 5.64. The molecule has 1 atom stereocenters. The molecular formula is C28H31ClF3N3O5. The molecule has 2 aromatic rings. The molecule has 0 radical (unpaired) electrons. The average molecular weight is 582 g/mol. The maximum Gasteiger partial charge on any atom is 0.490 e. The fraction of sp³-hybridized carbons (Fsp3) is 0.500. The number of rotatable bonds is 7. The molecule has 40 heavy (non-hydrogen) atoms. The van der Waals surface area contributed by atoms with Gasteiger partial charge in [0.2, 0.25) is 0 Å². The molecule has 0 bridgehead atoms. The molecule has 12 heteroatoms. The summed E-state index contributed by atoms with van der Waals surface area (Å²) >= 11 is 6.12. The number of carbonyl (C=O) groups is 2. The Bertz CT molecular complexity index is 1230. The van der Waals surface area contributed by atoms with Crippen LogP contribution in [0.2, 0.25) is 5.02 Å². The van der Waals surface area contributed by atoms with E-state index in [4.69, 9.17) is 25.8 Å². The van der Waals surface area contributed by atoms with Crippen molar-refractivity contribution in [1.29, 1.82) is 0 Å². The molecule has 3 aliphatic heterocycles. The highest BCUT2D eigenvalue weighted by Gasteiger charge is 2.44. The van der Waals surface area contributed by atoms with Crippen molar-refractivity contribution < 1.29 is 37.0 Å². The number of para-hydroxylation sites is 2. The van der Waals surface area contributed by atoms with Crippen molar-refractivity contribution in [3.05, 3.63) is 53.1 Å². The fourth-order valence-electron chi connectivity index (χ4n) is 5.45. The van der Waals surface area contributed by atoms with Gasteiger partial charge in [0.15, 0.2) is 0 Å². The second-order valence-corrected chi connectivity index (χ2v) is 10.9. The number of alkyl halides is 3. The summed E-state index contributed by atoms with van der Waals surface area (Å²) in [7, 11) is 0. The van der Waals surface area contributed by atoms with Crippen molar-refractivity contribution in [2.45, 2.75) is 50.0 Å². The number of benzene rings is 2. The lowest BCUT2D eigenvalue weighted by molar-refractivity contribution is -0.206. The molecule has 1 N–H and O–H groups in total. The molecule has 3 aliphatic rings. The van der Waals surface area contributed by atoms with E-state index >= 15 is 0 Å². The van der Waals surface area contributed by atoms with Crippen LogP contribution in [0.5, 0.6) is 11.5 Å². The Morgan fingerprint density at radius 2 is 1.80 bits per heavy atom. The molecule has 0 saturated carbocycles. The summed E-state index contributed by atoms with van der Waals surface area (Å²) in [6.07, 6.45) is -2.42. The summed E-state index contributed by atoms with van der Waals surface area (Å²) < 4.78 is 56.1. The van der Waals surface area contributed by atoms with E-state index in [1.54, 1.807) is 35.2 Å². The van der Waals surface area contributed by atoms with Crippen LogP contribution in [0, 0.1) is 0 Å². The smallest absolute Gasteiger partial charge is 0.487 e. The van der Waals surface area contributed by atoms with Gasteiger partial charge in [-0.2, -0.15) is 13.2 Å². The Kier molecular flexibility index (Phi) is 8.32. The second-order valence-electron chi connectivity index (χ2n) is 10.5. The lowest BCUT2D eigenvalue weighted by Gasteiger charge is -2.39. The third-order valence-corrected chi connectivity index (χ3v) is 7.78. The molecule has 0 aliphatic carbocycles. The zero-order chi connectivity index (χ0) is 28.3. The monoisotopic (exact) mass is 581 g/mol. The number of fused-ring (bicyclic) bond motifs is 1. The third-order valence-electron chi connectivity index (χ3n) is 7.54. The normalized spacial score (nSPS) is 19.1. The van der Waals surface area contributed by atoms with Crippen molar-refractivity contribution in [2.75, 3.05) is 44.6 Å². The first kappa shape index (κ1) is 28.4. The zero-order valence-electron chi connectivity index (χ0n) is 21.8. The number of anilines is 1.